The number of benzene rings is 1. The van der Waals surface area contributed by atoms with Crippen LogP contribution in [0.5, 0.6) is 5.75 Å². The monoisotopic (exact) mass is 252 g/mol. The standard InChI is InChI=1S/C14H20O4/c1-10(15)11-5-7-12(8-6-11)18-9-14(2,3)13(16)17-4/h5-8,10,15H,9H2,1-4H3. The van der Waals surface area contributed by atoms with Gasteiger partial charge in [-0.15, -0.1) is 0 Å². The SMILES string of the molecule is COC(=O)C(C)(C)COc1ccc(C(C)O)cc1. The molecular formula is C14H20O4. The zero-order valence-electron chi connectivity index (χ0n) is 11.3. The van der Waals surface area contributed by atoms with E-state index in [0.29, 0.717) is 5.75 Å². The Hall–Kier alpha value is -1.55. The van der Waals surface area contributed by atoms with Gasteiger partial charge in [0.1, 0.15) is 12.4 Å². The van der Waals surface area contributed by atoms with Gasteiger partial charge < -0.3 is 14.6 Å². The van der Waals surface area contributed by atoms with Crippen LogP contribution >= 0.6 is 0 Å². The number of hydrogen-bond donors (Lipinski definition) is 1. The summed E-state index contributed by atoms with van der Waals surface area (Å²) in [4.78, 5) is 11.5. The summed E-state index contributed by atoms with van der Waals surface area (Å²) >= 11 is 0. The van der Waals surface area contributed by atoms with Crippen molar-refractivity contribution in [2.45, 2.75) is 26.9 Å². The van der Waals surface area contributed by atoms with Gasteiger partial charge in [0.2, 0.25) is 0 Å². The molecule has 18 heavy (non-hydrogen) atoms. The van der Waals surface area contributed by atoms with Gasteiger partial charge in [0, 0.05) is 0 Å². The summed E-state index contributed by atoms with van der Waals surface area (Å²) in [6.45, 7) is 5.48. The van der Waals surface area contributed by atoms with Crippen LogP contribution in [0.3, 0.4) is 0 Å². The van der Waals surface area contributed by atoms with Crippen LogP contribution in [0.1, 0.15) is 32.4 Å². The van der Waals surface area contributed by atoms with E-state index in [1.54, 1.807) is 45.0 Å². The average molecular weight is 252 g/mol. The van der Waals surface area contributed by atoms with Gasteiger partial charge in [-0.1, -0.05) is 12.1 Å². The Bertz CT molecular complexity index is 393. The number of hydrogen-bond acceptors (Lipinski definition) is 4. The lowest BCUT2D eigenvalue weighted by Crippen LogP contribution is -2.32. The third-order valence-electron chi connectivity index (χ3n) is 2.70. The summed E-state index contributed by atoms with van der Waals surface area (Å²) in [6.07, 6.45) is -0.495. The highest BCUT2D eigenvalue weighted by Crippen LogP contribution is 2.21. The average Bonchev–Trinajstić information content (AvgIpc) is 2.35. The van der Waals surface area contributed by atoms with Crippen molar-refractivity contribution in [1.82, 2.24) is 0 Å². The molecule has 1 aromatic rings. The Morgan fingerprint density at radius 1 is 1.33 bits per heavy atom. The van der Waals surface area contributed by atoms with Crippen LogP contribution in [0.25, 0.3) is 0 Å². The zero-order valence-corrected chi connectivity index (χ0v) is 11.3. The second-order valence-electron chi connectivity index (χ2n) is 4.91. The fourth-order valence-corrected chi connectivity index (χ4v) is 1.44. The van der Waals surface area contributed by atoms with Gasteiger partial charge in [0.25, 0.3) is 0 Å². The number of carbonyl (C=O) groups excluding carboxylic acids is 1. The summed E-state index contributed by atoms with van der Waals surface area (Å²) in [5.74, 6) is 0.361. The van der Waals surface area contributed by atoms with E-state index in [1.807, 2.05) is 0 Å². The fraction of sp³-hybridized carbons (Fsp3) is 0.500. The lowest BCUT2D eigenvalue weighted by atomic mass is 9.95. The van der Waals surface area contributed by atoms with Gasteiger partial charge in [-0.25, -0.2) is 0 Å². The molecule has 1 unspecified atom stereocenters. The molecule has 4 heteroatoms. The minimum atomic E-state index is -0.683. The number of rotatable bonds is 5. The topological polar surface area (TPSA) is 55.8 Å². The second kappa shape index (κ2) is 5.87. The maximum atomic E-state index is 11.5. The molecule has 0 aliphatic rings. The van der Waals surface area contributed by atoms with Crippen molar-refractivity contribution >= 4 is 5.97 Å². The highest BCUT2D eigenvalue weighted by atomic mass is 16.5. The number of aliphatic hydroxyl groups is 1. The quantitative estimate of drug-likeness (QED) is 0.817. The largest absolute Gasteiger partial charge is 0.492 e. The molecule has 100 valence electrons. The molecule has 0 aromatic heterocycles. The predicted octanol–water partition coefficient (Wildman–Crippen LogP) is 2.32. The van der Waals surface area contributed by atoms with Crippen molar-refractivity contribution in [3.05, 3.63) is 29.8 Å². The normalized spacial score (nSPS) is 12.9. The van der Waals surface area contributed by atoms with Crippen LogP contribution in [-0.2, 0) is 9.53 Å². The molecule has 0 saturated heterocycles. The lowest BCUT2D eigenvalue weighted by Gasteiger charge is -2.21. The van der Waals surface area contributed by atoms with Crippen LogP contribution in [0.4, 0.5) is 0 Å². The molecule has 0 amide bonds. The Morgan fingerprint density at radius 3 is 2.33 bits per heavy atom. The Balaban J connectivity index is 2.61. The molecule has 4 nitrogen and oxygen atoms in total. The van der Waals surface area contributed by atoms with Crippen LogP contribution in [0.15, 0.2) is 24.3 Å². The summed E-state index contributed by atoms with van der Waals surface area (Å²) in [5.41, 5.74) is 0.145. The van der Waals surface area contributed by atoms with Crippen molar-refractivity contribution < 1.29 is 19.4 Å². The van der Waals surface area contributed by atoms with Gasteiger partial charge in [0.05, 0.1) is 18.6 Å². The maximum absolute atomic E-state index is 11.5. The van der Waals surface area contributed by atoms with E-state index >= 15 is 0 Å². The second-order valence-corrected chi connectivity index (χ2v) is 4.91. The first-order valence-corrected chi connectivity index (χ1v) is 5.86. The maximum Gasteiger partial charge on any atom is 0.314 e. The van der Waals surface area contributed by atoms with Crippen LogP contribution < -0.4 is 4.74 Å². The van der Waals surface area contributed by atoms with E-state index in [2.05, 4.69) is 0 Å². The van der Waals surface area contributed by atoms with Crippen LogP contribution in [0.2, 0.25) is 0 Å². The van der Waals surface area contributed by atoms with Gasteiger partial charge in [-0.3, -0.25) is 4.79 Å². The molecule has 1 atom stereocenters. The van der Waals surface area contributed by atoms with E-state index in [4.69, 9.17) is 9.47 Å². The number of ether oxygens (including phenoxy) is 2. The smallest absolute Gasteiger partial charge is 0.314 e. The molecule has 0 aliphatic heterocycles. The number of methoxy groups -OCH3 is 1. The van der Waals surface area contributed by atoms with E-state index < -0.39 is 11.5 Å². The summed E-state index contributed by atoms with van der Waals surface area (Å²) in [7, 11) is 1.36. The molecule has 1 N–H and O–H groups in total. The zero-order chi connectivity index (χ0) is 13.8. The van der Waals surface area contributed by atoms with E-state index in [1.165, 1.54) is 7.11 Å². The first-order valence-electron chi connectivity index (χ1n) is 5.86. The molecule has 1 aromatic carbocycles. The molecule has 0 spiro atoms. The minimum Gasteiger partial charge on any atom is -0.492 e. The van der Waals surface area contributed by atoms with E-state index in [9.17, 15) is 9.90 Å². The molecule has 1 rings (SSSR count). The molecule has 0 fully saturated rings. The molecular weight excluding hydrogens is 232 g/mol. The summed E-state index contributed by atoms with van der Waals surface area (Å²) in [5, 5.41) is 9.38. The Labute approximate surface area is 108 Å². The van der Waals surface area contributed by atoms with Crippen molar-refractivity contribution in [2.75, 3.05) is 13.7 Å². The minimum absolute atomic E-state index is 0.244. The van der Waals surface area contributed by atoms with Crippen LogP contribution in [-0.4, -0.2) is 24.8 Å². The Kier molecular flexibility index (Phi) is 4.73. The van der Waals surface area contributed by atoms with Gasteiger partial charge >= 0.3 is 5.97 Å². The van der Waals surface area contributed by atoms with Crippen LogP contribution in [0, 0.1) is 5.41 Å². The van der Waals surface area contributed by atoms with E-state index in [0.717, 1.165) is 5.56 Å². The predicted molar refractivity (Wildman–Crippen MR) is 68.4 cm³/mol. The van der Waals surface area contributed by atoms with Crippen molar-refractivity contribution in [3.63, 3.8) is 0 Å². The van der Waals surface area contributed by atoms with Crippen molar-refractivity contribution in [3.8, 4) is 5.75 Å². The highest BCUT2D eigenvalue weighted by Gasteiger charge is 2.29. The summed E-state index contributed by atoms with van der Waals surface area (Å²) in [6, 6.07) is 7.14. The van der Waals surface area contributed by atoms with Gasteiger partial charge in [-0.2, -0.15) is 0 Å². The first-order chi connectivity index (χ1) is 8.36. The van der Waals surface area contributed by atoms with Crippen molar-refractivity contribution in [1.29, 1.82) is 0 Å². The van der Waals surface area contributed by atoms with E-state index in [-0.39, 0.29) is 12.6 Å². The van der Waals surface area contributed by atoms with Gasteiger partial charge in [0.15, 0.2) is 0 Å². The molecule has 0 bridgehead atoms. The third kappa shape index (κ3) is 3.74. The molecule has 0 radical (unpaired) electrons. The molecule has 0 saturated carbocycles. The number of carbonyl (C=O) groups is 1. The molecule has 0 aliphatic carbocycles. The van der Waals surface area contributed by atoms with Crippen molar-refractivity contribution in [2.24, 2.45) is 5.41 Å². The first kappa shape index (κ1) is 14.5. The highest BCUT2D eigenvalue weighted by molar-refractivity contribution is 5.75. The fourth-order valence-electron chi connectivity index (χ4n) is 1.44. The molecule has 0 heterocycles. The van der Waals surface area contributed by atoms with Gasteiger partial charge in [-0.05, 0) is 38.5 Å². The summed E-state index contributed by atoms with van der Waals surface area (Å²) < 4.78 is 10.2. The number of aliphatic hydroxyl groups excluding tert-OH is 1. The Morgan fingerprint density at radius 2 is 1.89 bits per heavy atom. The number of esters is 1. The lowest BCUT2D eigenvalue weighted by molar-refractivity contribution is -0.152. The third-order valence-corrected chi connectivity index (χ3v) is 2.70.